The van der Waals surface area contributed by atoms with Crippen molar-refractivity contribution in [1.82, 2.24) is 0 Å². The van der Waals surface area contributed by atoms with Gasteiger partial charge in [-0.25, -0.2) is 8.42 Å². The van der Waals surface area contributed by atoms with Crippen molar-refractivity contribution in [3.8, 4) is 0 Å². The lowest BCUT2D eigenvalue weighted by molar-refractivity contribution is -0.140. The first-order valence-corrected chi connectivity index (χ1v) is 7.68. The van der Waals surface area contributed by atoms with Crippen LogP contribution in [-0.4, -0.2) is 30.1 Å². The Morgan fingerprint density at radius 3 is 2.00 bits per heavy atom. The fraction of sp³-hybridized carbons (Fsp3) is 0.364. The largest absolute Gasteiger partial charge is 0.480 e. The van der Waals surface area contributed by atoms with Gasteiger partial charge >= 0.3 is 5.97 Å². The maximum absolute atomic E-state index is 11.3. The molecule has 0 aromatic heterocycles. The highest BCUT2D eigenvalue weighted by molar-refractivity contribution is 7.90. The van der Waals surface area contributed by atoms with Gasteiger partial charge in [-0.05, 0) is 17.7 Å². The summed E-state index contributed by atoms with van der Waals surface area (Å²) in [6.45, 7) is 0. The molecule has 0 spiro atoms. The third-order valence-electron chi connectivity index (χ3n) is 3.13. The second kappa shape index (κ2) is 3.85. The number of hydrogen-bond donors (Lipinski definition) is 1. The predicted octanol–water partition coefficient (Wildman–Crippen LogP) is 1.99. The Labute approximate surface area is 114 Å². The van der Waals surface area contributed by atoms with Crippen molar-refractivity contribution < 1.29 is 18.3 Å². The molecule has 0 bridgehead atoms. The van der Waals surface area contributed by atoms with Gasteiger partial charge in [0, 0.05) is 12.7 Å². The molecule has 7 heteroatoms. The molecule has 98 valence electrons. The van der Waals surface area contributed by atoms with E-state index < -0.39 is 25.6 Å². The number of aliphatic carboxylic acids is 1. The lowest BCUT2D eigenvalue weighted by Crippen LogP contribution is -2.26. The third kappa shape index (κ3) is 1.90. The average molecular weight is 309 g/mol. The number of sulfone groups is 1. The first kappa shape index (κ1) is 13.6. The molecule has 1 atom stereocenters. The van der Waals surface area contributed by atoms with E-state index in [9.17, 15) is 18.3 Å². The maximum atomic E-state index is 11.3. The van der Waals surface area contributed by atoms with E-state index in [2.05, 4.69) is 0 Å². The molecule has 1 N–H and O–H groups in total. The van der Waals surface area contributed by atoms with E-state index >= 15 is 0 Å². The van der Waals surface area contributed by atoms with E-state index in [1.54, 1.807) is 0 Å². The number of hydrogen-bond acceptors (Lipinski definition) is 3. The fourth-order valence-corrected chi connectivity index (χ4v) is 3.36. The summed E-state index contributed by atoms with van der Waals surface area (Å²) in [5.41, 5.74) is -0.931. The molecule has 0 radical (unpaired) electrons. The van der Waals surface area contributed by atoms with Crippen molar-refractivity contribution in [3.05, 3.63) is 29.8 Å². The lowest BCUT2D eigenvalue weighted by atomic mass is 9.96. The molecule has 1 aromatic carbocycles. The SMILES string of the molecule is CS(=O)(=O)c1ccc(C2(C(=O)O)CC2(Cl)Cl)cc1. The topological polar surface area (TPSA) is 71.4 Å². The van der Waals surface area contributed by atoms with Crippen LogP contribution < -0.4 is 0 Å². The number of rotatable bonds is 3. The van der Waals surface area contributed by atoms with Crippen molar-refractivity contribution in [1.29, 1.82) is 0 Å². The van der Waals surface area contributed by atoms with Gasteiger partial charge in [0.15, 0.2) is 9.84 Å². The number of carboxylic acid groups (broad SMARTS) is 1. The summed E-state index contributed by atoms with van der Waals surface area (Å²) in [6.07, 6.45) is 1.19. The van der Waals surface area contributed by atoms with E-state index in [0.29, 0.717) is 5.56 Å². The number of halogens is 2. The molecule has 4 nitrogen and oxygen atoms in total. The Kier molecular flexibility index (Phi) is 2.92. The zero-order chi connectivity index (χ0) is 13.8. The monoisotopic (exact) mass is 308 g/mol. The number of carboxylic acids is 1. The molecular formula is C11H10Cl2O4S. The van der Waals surface area contributed by atoms with E-state index in [1.807, 2.05) is 0 Å². The Morgan fingerprint density at radius 2 is 1.72 bits per heavy atom. The first-order chi connectivity index (χ1) is 8.11. The van der Waals surface area contributed by atoms with Gasteiger partial charge in [-0.1, -0.05) is 35.3 Å². The Balaban J connectivity index is 2.46. The molecule has 1 fully saturated rings. The number of benzene rings is 1. The summed E-state index contributed by atoms with van der Waals surface area (Å²) in [4.78, 5) is 11.4. The third-order valence-corrected chi connectivity index (χ3v) is 5.17. The molecule has 0 saturated heterocycles. The molecule has 0 heterocycles. The molecular weight excluding hydrogens is 299 g/mol. The summed E-state index contributed by atoms with van der Waals surface area (Å²) in [5.74, 6) is -1.11. The summed E-state index contributed by atoms with van der Waals surface area (Å²) in [5, 5.41) is 9.23. The van der Waals surface area contributed by atoms with Gasteiger partial charge in [0.1, 0.15) is 9.75 Å². The average Bonchev–Trinajstić information content (AvgIpc) is 2.82. The van der Waals surface area contributed by atoms with Gasteiger partial charge in [0.25, 0.3) is 0 Å². The molecule has 2 rings (SSSR count). The smallest absolute Gasteiger partial charge is 0.317 e. The lowest BCUT2D eigenvalue weighted by Gasteiger charge is -2.13. The first-order valence-electron chi connectivity index (χ1n) is 5.03. The predicted molar refractivity (Wildman–Crippen MR) is 67.9 cm³/mol. The molecule has 1 aliphatic carbocycles. The fourth-order valence-electron chi connectivity index (χ4n) is 1.94. The van der Waals surface area contributed by atoms with Crippen LogP contribution in [0.1, 0.15) is 12.0 Å². The van der Waals surface area contributed by atoms with Crippen LogP contribution in [0.15, 0.2) is 29.2 Å². The standard InChI is InChI=1S/C11H10Cl2O4S/c1-18(16,17)8-4-2-7(3-5-8)10(9(14)15)6-11(10,12)13/h2-5H,6H2,1H3,(H,14,15). The van der Waals surface area contributed by atoms with Gasteiger partial charge in [-0.15, -0.1) is 0 Å². The highest BCUT2D eigenvalue weighted by atomic mass is 35.5. The number of alkyl halides is 2. The molecule has 0 aliphatic heterocycles. The van der Waals surface area contributed by atoms with Crippen molar-refractivity contribution >= 4 is 39.0 Å². The van der Waals surface area contributed by atoms with E-state index in [1.165, 1.54) is 24.3 Å². The van der Waals surface area contributed by atoms with Crippen molar-refractivity contribution in [3.63, 3.8) is 0 Å². The minimum absolute atomic E-state index is 0.108. The number of carbonyl (C=O) groups is 1. The van der Waals surface area contributed by atoms with E-state index in [-0.39, 0.29) is 11.3 Å². The van der Waals surface area contributed by atoms with Crippen molar-refractivity contribution in [2.24, 2.45) is 0 Å². The Hall–Kier alpha value is -0.780. The highest BCUT2D eigenvalue weighted by Crippen LogP contribution is 2.64. The molecule has 1 unspecified atom stereocenters. The Morgan fingerprint density at radius 1 is 1.28 bits per heavy atom. The molecule has 1 aliphatic rings. The normalized spacial score (nSPS) is 25.7. The summed E-state index contributed by atoms with van der Waals surface area (Å²) < 4.78 is 21.3. The zero-order valence-corrected chi connectivity index (χ0v) is 11.7. The molecule has 0 amide bonds. The Bertz CT molecular complexity index is 606. The van der Waals surface area contributed by atoms with Crippen molar-refractivity contribution in [2.75, 3.05) is 6.26 Å². The maximum Gasteiger partial charge on any atom is 0.317 e. The van der Waals surface area contributed by atoms with Crippen LogP contribution in [0.2, 0.25) is 0 Å². The summed E-state index contributed by atoms with van der Waals surface area (Å²) in [7, 11) is -3.31. The van der Waals surface area contributed by atoms with Crippen LogP contribution in [0.25, 0.3) is 0 Å². The van der Waals surface area contributed by atoms with Gasteiger partial charge in [-0.3, -0.25) is 4.79 Å². The second-order valence-corrected chi connectivity index (χ2v) is 7.89. The molecule has 18 heavy (non-hydrogen) atoms. The highest BCUT2D eigenvalue weighted by Gasteiger charge is 2.72. The molecule has 1 aromatic rings. The van der Waals surface area contributed by atoms with Crippen LogP contribution in [-0.2, 0) is 20.0 Å². The van der Waals surface area contributed by atoms with Gasteiger partial charge in [0.05, 0.1) is 4.90 Å². The minimum Gasteiger partial charge on any atom is -0.480 e. The van der Waals surface area contributed by atoms with E-state index in [0.717, 1.165) is 6.26 Å². The van der Waals surface area contributed by atoms with Crippen LogP contribution in [0.3, 0.4) is 0 Å². The van der Waals surface area contributed by atoms with Gasteiger partial charge in [-0.2, -0.15) is 0 Å². The van der Waals surface area contributed by atoms with Crippen LogP contribution in [0, 0.1) is 0 Å². The van der Waals surface area contributed by atoms with Crippen LogP contribution in [0.4, 0.5) is 0 Å². The van der Waals surface area contributed by atoms with Gasteiger partial charge in [0.2, 0.25) is 0 Å². The van der Waals surface area contributed by atoms with E-state index in [4.69, 9.17) is 23.2 Å². The van der Waals surface area contributed by atoms with Gasteiger partial charge < -0.3 is 5.11 Å². The minimum atomic E-state index is -3.31. The second-order valence-electron chi connectivity index (χ2n) is 4.39. The summed E-state index contributed by atoms with van der Waals surface area (Å²) in [6, 6.07) is 5.60. The zero-order valence-electron chi connectivity index (χ0n) is 9.35. The van der Waals surface area contributed by atoms with Crippen LogP contribution >= 0.6 is 23.2 Å². The van der Waals surface area contributed by atoms with Crippen LogP contribution in [0.5, 0.6) is 0 Å². The summed E-state index contributed by atoms with van der Waals surface area (Å²) >= 11 is 11.8. The van der Waals surface area contributed by atoms with Crippen molar-refractivity contribution in [2.45, 2.75) is 21.1 Å². The quantitative estimate of drug-likeness (QED) is 0.867. The molecule has 1 saturated carbocycles.